The third kappa shape index (κ3) is 5.96. The SMILES string of the molecule is CC(C)C1CCC(C(=O)Nc2cc(C(N)=O)c(C3CCC(C(C)C)CC3)c(C(N)=O)c2)CC1. The molecule has 182 valence electrons. The Morgan fingerprint density at radius 1 is 0.758 bits per heavy atom. The van der Waals surface area contributed by atoms with Gasteiger partial charge in [-0.2, -0.15) is 0 Å². The summed E-state index contributed by atoms with van der Waals surface area (Å²) < 4.78 is 0. The second-order valence-corrected chi connectivity index (χ2v) is 10.9. The highest BCUT2D eigenvalue weighted by Crippen LogP contribution is 2.42. The zero-order chi connectivity index (χ0) is 24.3. The van der Waals surface area contributed by atoms with Gasteiger partial charge in [0.1, 0.15) is 0 Å². The van der Waals surface area contributed by atoms with Crippen molar-refractivity contribution in [3.8, 4) is 0 Å². The lowest BCUT2D eigenvalue weighted by atomic mass is 9.72. The molecule has 2 aliphatic carbocycles. The van der Waals surface area contributed by atoms with Crippen LogP contribution in [0.25, 0.3) is 0 Å². The fourth-order valence-corrected chi connectivity index (χ4v) is 5.94. The van der Waals surface area contributed by atoms with Crippen LogP contribution in [0, 0.1) is 29.6 Å². The second kappa shape index (κ2) is 10.7. The Morgan fingerprint density at radius 3 is 1.58 bits per heavy atom. The van der Waals surface area contributed by atoms with Gasteiger partial charge in [-0.1, -0.05) is 27.7 Å². The number of rotatable bonds is 7. The molecular formula is C27H41N3O3. The minimum absolute atomic E-state index is 0.0555. The van der Waals surface area contributed by atoms with E-state index in [1.54, 1.807) is 12.1 Å². The maximum atomic E-state index is 12.9. The summed E-state index contributed by atoms with van der Waals surface area (Å²) in [5.74, 6) is 1.34. The normalized spacial score (nSPS) is 25.8. The van der Waals surface area contributed by atoms with Crippen LogP contribution in [-0.4, -0.2) is 17.7 Å². The Balaban J connectivity index is 1.82. The van der Waals surface area contributed by atoms with Crippen LogP contribution < -0.4 is 16.8 Å². The van der Waals surface area contributed by atoms with E-state index < -0.39 is 11.8 Å². The van der Waals surface area contributed by atoms with Gasteiger partial charge in [0.15, 0.2) is 0 Å². The van der Waals surface area contributed by atoms with Crippen LogP contribution in [-0.2, 0) is 4.79 Å². The molecule has 3 rings (SSSR count). The zero-order valence-electron chi connectivity index (χ0n) is 20.7. The Morgan fingerprint density at radius 2 is 1.18 bits per heavy atom. The van der Waals surface area contributed by atoms with Gasteiger partial charge in [0.25, 0.3) is 0 Å². The van der Waals surface area contributed by atoms with Crippen LogP contribution in [0.4, 0.5) is 5.69 Å². The molecule has 6 heteroatoms. The molecule has 0 spiro atoms. The van der Waals surface area contributed by atoms with Crippen molar-refractivity contribution in [3.63, 3.8) is 0 Å². The predicted octanol–water partition coefficient (Wildman–Crippen LogP) is 5.22. The number of amides is 3. The number of carbonyl (C=O) groups is 3. The first kappa shape index (κ1) is 25.3. The average molecular weight is 456 g/mol. The molecule has 0 heterocycles. The first-order valence-corrected chi connectivity index (χ1v) is 12.7. The molecule has 6 nitrogen and oxygen atoms in total. The number of primary amides is 2. The van der Waals surface area contributed by atoms with Gasteiger partial charge in [0, 0.05) is 22.7 Å². The molecule has 2 saturated carbocycles. The van der Waals surface area contributed by atoms with E-state index >= 15 is 0 Å². The van der Waals surface area contributed by atoms with Crippen LogP contribution in [0.2, 0.25) is 0 Å². The van der Waals surface area contributed by atoms with Crippen molar-refractivity contribution < 1.29 is 14.4 Å². The fourth-order valence-electron chi connectivity index (χ4n) is 5.94. The monoisotopic (exact) mass is 455 g/mol. The van der Waals surface area contributed by atoms with Crippen molar-refractivity contribution in [1.82, 2.24) is 0 Å². The minimum atomic E-state index is -0.591. The van der Waals surface area contributed by atoms with Crippen molar-refractivity contribution >= 4 is 23.4 Å². The molecule has 0 bridgehead atoms. The fraction of sp³-hybridized carbons (Fsp3) is 0.667. The van der Waals surface area contributed by atoms with Crippen LogP contribution in [0.3, 0.4) is 0 Å². The Hall–Kier alpha value is -2.37. The molecule has 1 aromatic carbocycles. The van der Waals surface area contributed by atoms with Crippen molar-refractivity contribution in [1.29, 1.82) is 0 Å². The summed E-state index contributed by atoms with van der Waals surface area (Å²) in [6.45, 7) is 8.94. The molecule has 3 amide bonds. The standard InChI is InChI=1S/C27H41N3O3/c1-15(2)17-5-9-19(10-6-17)24-22(25(28)31)13-21(14-23(24)26(29)32)30-27(33)20-11-7-18(8-12-20)16(3)4/h13-20H,5-12H2,1-4H3,(H2,28,31)(H2,29,32)(H,30,33). The lowest BCUT2D eigenvalue weighted by Crippen LogP contribution is -2.29. The molecule has 33 heavy (non-hydrogen) atoms. The molecule has 0 radical (unpaired) electrons. The van der Waals surface area contributed by atoms with Crippen molar-refractivity contribution in [3.05, 3.63) is 28.8 Å². The maximum Gasteiger partial charge on any atom is 0.249 e. The molecule has 2 fully saturated rings. The predicted molar refractivity (Wildman–Crippen MR) is 132 cm³/mol. The summed E-state index contributed by atoms with van der Waals surface area (Å²) in [7, 11) is 0. The highest BCUT2D eigenvalue weighted by atomic mass is 16.2. The quantitative estimate of drug-likeness (QED) is 0.524. The lowest BCUT2D eigenvalue weighted by Gasteiger charge is -2.33. The second-order valence-electron chi connectivity index (χ2n) is 10.9. The smallest absolute Gasteiger partial charge is 0.249 e. The van der Waals surface area contributed by atoms with Crippen LogP contribution in [0.15, 0.2) is 12.1 Å². The minimum Gasteiger partial charge on any atom is -0.366 e. The van der Waals surface area contributed by atoms with Gasteiger partial charge >= 0.3 is 0 Å². The number of nitrogens with one attached hydrogen (secondary N) is 1. The Kier molecular flexibility index (Phi) is 8.19. The number of benzene rings is 1. The number of hydrogen-bond donors (Lipinski definition) is 3. The van der Waals surface area contributed by atoms with E-state index in [1.165, 1.54) is 0 Å². The number of nitrogens with two attached hydrogens (primary N) is 2. The largest absolute Gasteiger partial charge is 0.366 e. The highest BCUT2D eigenvalue weighted by molar-refractivity contribution is 6.04. The number of carbonyl (C=O) groups excluding carboxylic acids is 3. The lowest BCUT2D eigenvalue weighted by molar-refractivity contribution is -0.121. The molecule has 0 aromatic heterocycles. The molecular weight excluding hydrogens is 414 g/mol. The number of anilines is 1. The third-order valence-electron chi connectivity index (χ3n) is 8.19. The summed E-state index contributed by atoms with van der Waals surface area (Å²) in [6, 6.07) is 3.27. The van der Waals surface area contributed by atoms with Gasteiger partial charge in [-0.3, -0.25) is 14.4 Å². The van der Waals surface area contributed by atoms with E-state index in [2.05, 4.69) is 33.0 Å². The van der Waals surface area contributed by atoms with Gasteiger partial charge in [0.2, 0.25) is 17.7 Å². The summed E-state index contributed by atoms with van der Waals surface area (Å²) in [4.78, 5) is 37.8. The van der Waals surface area contributed by atoms with E-state index in [1.807, 2.05) is 0 Å². The van der Waals surface area contributed by atoms with E-state index in [9.17, 15) is 14.4 Å². The van der Waals surface area contributed by atoms with Crippen LogP contribution >= 0.6 is 0 Å². The van der Waals surface area contributed by atoms with Crippen molar-refractivity contribution in [2.75, 3.05) is 5.32 Å². The summed E-state index contributed by atoms with van der Waals surface area (Å²) in [5.41, 5.74) is 13.2. The number of hydrogen-bond acceptors (Lipinski definition) is 3. The van der Waals surface area contributed by atoms with E-state index in [0.29, 0.717) is 46.0 Å². The maximum absolute atomic E-state index is 12.9. The molecule has 2 aliphatic rings. The van der Waals surface area contributed by atoms with E-state index in [0.717, 1.165) is 51.4 Å². The Labute approximate surface area is 198 Å². The van der Waals surface area contributed by atoms with Gasteiger partial charge in [-0.25, -0.2) is 0 Å². The van der Waals surface area contributed by atoms with Gasteiger partial charge < -0.3 is 16.8 Å². The van der Waals surface area contributed by atoms with Gasteiger partial charge in [-0.05, 0) is 98.7 Å². The van der Waals surface area contributed by atoms with Gasteiger partial charge in [0.05, 0.1) is 0 Å². The van der Waals surface area contributed by atoms with Crippen molar-refractivity contribution in [2.45, 2.75) is 85.0 Å². The topological polar surface area (TPSA) is 115 Å². The van der Waals surface area contributed by atoms with Gasteiger partial charge in [-0.15, -0.1) is 0 Å². The Bertz CT molecular complexity index is 842. The molecule has 0 atom stereocenters. The first-order chi connectivity index (χ1) is 15.6. The van der Waals surface area contributed by atoms with Crippen LogP contribution in [0.5, 0.6) is 0 Å². The summed E-state index contributed by atoms with van der Waals surface area (Å²) in [5, 5.41) is 2.94. The highest BCUT2D eigenvalue weighted by Gasteiger charge is 2.31. The van der Waals surface area contributed by atoms with Crippen molar-refractivity contribution in [2.24, 2.45) is 41.1 Å². The summed E-state index contributed by atoms with van der Waals surface area (Å²) in [6.07, 6.45) is 7.71. The first-order valence-electron chi connectivity index (χ1n) is 12.7. The molecule has 0 unspecified atom stereocenters. The molecule has 5 N–H and O–H groups in total. The van der Waals surface area contributed by atoms with Crippen LogP contribution in [0.1, 0.15) is 111 Å². The van der Waals surface area contributed by atoms with E-state index in [4.69, 9.17) is 11.5 Å². The molecule has 1 aromatic rings. The average Bonchev–Trinajstić information content (AvgIpc) is 2.78. The molecule has 0 saturated heterocycles. The summed E-state index contributed by atoms with van der Waals surface area (Å²) >= 11 is 0. The zero-order valence-corrected chi connectivity index (χ0v) is 20.7. The van der Waals surface area contributed by atoms with E-state index in [-0.39, 0.29) is 17.7 Å². The third-order valence-corrected chi connectivity index (χ3v) is 8.19. The molecule has 0 aliphatic heterocycles.